The van der Waals surface area contributed by atoms with E-state index in [2.05, 4.69) is 20.6 Å². The van der Waals surface area contributed by atoms with E-state index in [0.29, 0.717) is 17.1 Å². The van der Waals surface area contributed by atoms with Crippen LogP contribution in [0.3, 0.4) is 0 Å². The van der Waals surface area contributed by atoms with Gasteiger partial charge in [-0.1, -0.05) is 18.2 Å². The summed E-state index contributed by atoms with van der Waals surface area (Å²) in [6.45, 7) is 1.75. The molecular weight excluding hydrogens is 243 g/mol. The summed E-state index contributed by atoms with van der Waals surface area (Å²) in [6, 6.07) is 6.60. The van der Waals surface area contributed by atoms with Crippen LogP contribution in [0.2, 0.25) is 0 Å². The van der Waals surface area contributed by atoms with Crippen LogP contribution in [0, 0.1) is 5.82 Å². The zero-order valence-corrected chi connectivity index (χ0v) is 10.9. The number of nitrogens with one attached hydrogen (secondary N) is 2. The monoisotopic (exact) mass is 260 g/mol. The van der Waals surface area contributed by atoms with E-state index in [1.807, 2.05) is 7.05 Å². The second kappa shape index (κ2) is 6.80. The van der Waals surface area contributed by atoms with Gasteiger partial charge in [0.1, 0.15) is 5.82 Å². The van der Waals surface area contributed by atoms with Crippen molar-refractivity contribution in [3.05, 3.63) is 42.5 Å². The molecule has 0 spiro atoms. The van der Waals surface area contributed by atoms with Crippen molar-refractivity contribution in [2.24, 2.45) is 0 Å². The topological polar surface area (TPSA) is 49.8 Å². The standard InChI is InChI=1S/C14H17FN4/c1-16-7-4-8-17-14-18-9-11(10-19-14)12-5-2-3-6-13(12)15/h2-3,5-6,9-10,16H,4,7-8H2,1H3,(H,17,18,19). The van der Waals surface area contributed by atoms with Crippen LogP contribution in [0.15, 0.2) is 36.7 Å². The summed E-state index contributed by atoms with van der Waals surface area (Å²) in [5, 5.41) is 6.19. The van der Waals surface area contributed by atoms with Crippen LogP contribution in [0.5, 0.6) is 0 Å². The number of hydrogen-bond donors (Lipinski definition) is 2. The van der Waals surface area contributed by atoms with E-state index >= 15 is 0 Å². The minimum atomic E-state index is -0.263. The number of hydrogen-bond acceptors (Lipinski definition) is 4. The van der Waals surface area contributed by atoms with Gasteiger partial charge in [0, 0.05) is 30.1 Å². The Kier molecular flexibility index (Phi) is 4.80. The zero-order chi connectivity index (χ0) is 13.5. The van der Waals surface area contributed by atoms with Gasteiger partial charge < -0.3 is 10.6 Å². The highest BCUT2D eigenvalue weighted by Gasteiger charge is 2.04. The van der Waals surface area contributed by atoms with Crippen molar-refractivity contribution in [3.63, 3.8) is 0 Å². The van der Waals surface area contributed by atoms with Crippen molar-refractivity contribution in [1.82, 2.24) is 15.3 Å². The third kappa shape index (κ3) is 3.72. The summed E-state index contributed by atoms with van der Waals surface area (Å²) in [4.78, 5) is 8.37. The van der Waals surface area contributed by atoms with Crippen LogP contribution in [0.25, 0.3) is 11.1 Å². The van der Waals surface area contributed by atoms with E-state index in [1.165, 1.54) is 6.07 Å². The van der Waals surface area contributed by atoms with E-state index in [-0.39, 0.29) is 5.82 Å². The van der Waals surface area contributed by atoms with Crippen molar-refractivity contribution in [3.8, 4) is 11.1 Å². The normalized spacial score (nSPS) is 10.4. The summed E-state index contributed by atoms with van der Waals surface area (Å²) in [5.74, 6) is 0.303. The van der Waals surface area contributed by atoms with Crippen molar-refractivity contribution in [2.75, 3.05) is 25.5 Å². The minimum absolute atomic E-state index is 0.263. The van der Waals surface area contributed by atoms with Gasteiger partial charge in [0.2, 0.25) is 5.95 Å². The molecule has 2 N–H and O–H groups in total. The third-order valence-corrected chi connectivity index (χ3v) is 2.72. The molecule has 0 aliphatic heterocycles. The first-order valence-corrected chi connectivity index (χ1v) is 6.26. The second-order valence-electron chi connectivity index (χ2n) is 4.16. The number of anilines is 1. The van der Waals surface area contributed by atoms with Crippen LogP contribution in [-0.2, 0) is 0 Å². The Balaban J connectivity index is 2.01. The molecule has 1 aromatic carbocycles. The van der Waals surface area contributed by atoms with Crippen molar-refractivity contribution in [1.29, 1.82) is 0 Å². The van der Waals surface area contributed by atoms with Crippen molar-refractivity contribution < 1.29 is 4.39 Å². The first kappa shape index (κ1) is 13.4. The van der Waals surface area contributed by atoms with E-state index in [1.54, 1.807) is 30.6 Å². The SMILES string of the molecule is CNCCCNc1ncc(-c2ccccc2F)cn1. The fraction of sp³-hybridized carbons (Fsp3) is 0.286. The number of nitrogens with zero attached hydrogens (tertiary/aromatic N) is 2. The molecule has 1 aromatic heterocycles. The van der Waals surface area contributed by atoms with Crippen LogP contribution < -0.4 is 10.6 Å². The molecule has 0 aliphatic carbocycles. The maximum Gasteiger partial charge on any atom is 0.222 e. The molecule has 0 saturated heterocycles. The van der Waals surface area contributed by atoms with Crippen LogP contribution in [-0.4, -0.2) is 30.1 Å². The lowest BCUT2D eigenvalue weighted by molar-refractivity contribution is 0.631. The van der Waals surface area contributed by atoms with Gasteiger partial charge in [-0.2, -0.15) is 0 Å². The van der Waals surface area contributed by atoms with Crippen molar-refractivity contribution in [2.45, 2.75) is 6.42 Å². The molecule has 19 heavy (non-hydrogen) atoms. The second-order valence-corrected chi connectivity index (χ2v) is 4.16. The maximum absolute atomic E-state index is 13.6. The smallest absolute Gasteiger partial charge is 0.222 e. The number of halogens is 1. The number of benzene rings is 1. The highest BCUT2D eigenvalue weighted by atomic mass is 19.1. The van der Waals surface area contributed by atoms with Crippen LogP contribution >= 0.6 is 0 Å². The molecule has 0 amide bonds. The lowest BCUT2D eigenvalue weighted by Gasteiger charge is -2.06. The summed E-state index contributed by atoms with van der Waals surface area (Å²) < 4.78 is 13.6. The minimum Gasteiger partial charge on any atom is -0.354 e. The predicted octanol–water partition coefficient (Wildman–Crippen LogP) is 2.30. The highest BCUT2D eigenvalue weighted by molar-refractivity contribution is 5.62. The summed E-state index contributed by atoms with van der Waals surface area (Å²) in [5.41, 5.74) is 1.20. The number of aromatic nitrogens is 2. The van der Waals surface area contributed by atoms with E-state index in [9.17, 15) is 4.39 Å². The Labute approximate surface area is 112 Å². The molecule has 0 bridgehead atoms. The Morgan fingerprint density at radius 1 is 1.11 bits per heavy atom. The molecule has 2 rings (SSSR count). The van der Waals surface area contributed by atoms with Gasteiger partial charge >= 0.3 is 0 Å². The van der Waals surface area contributed by atoms with E-state index < -0.39 is 0 Å². The largest absolute Gasteiger partial charge is 0.354 e. The van der Waals surface area contributed by atoms with Gasteiger partial charge in [0.05, 0.1) is 0 Å². The summed E-state index contributed by atoms with van der Waals surface area (Å²) >= 11 is 0. The fourth-order valence-electron chi connectivity index (χ4n) is 1.72. The molecule has 2 aromatic rings. The van der Waals surface area contributed by atoms with E-state index in [0.717, 1.165) is 19.5 Å². The van der Waals surface area contributed by atoms with Gasteiger partial charge in [0.25, 0.3) is 0 Å². The Morgan fingerprint density at radius 3 is 2.53 bits per heavy atom. The predicted molar refractivity (Wildman–Crippen MR) is 74.5 cm³/mol. The Bertz CT molecular complexity index is 513. The lowest BCUT2D eigenvalue weighted by atomic mass is 10.1. The van der Waals surface area contributed by atoms with Gasteiger partial charge in [-0.15, -0.1) is 0 Å². The van der Waals surface area contributed by atoms with Gasteiger partial charge in [0.15, 0.2) is 0 Å². The molecule has 0 unspecified atom stereocenters. The first-order chi connectivity index (χ1) is 9.31. The molecule has 0 aliphatic rings. The Morgan fingerprint density at radius 2 is 1.84 bits per heavy atom. The molecule has 5 heteroatoms. The average molecular weight is 260 g/mol. The Hall–Kier alpha value is -2.01. The highest BCUT2D eigenvalue weighted by Crippen LogP contribution is 2.21. The maximum atomic E-state index is 13.6. The molecular formula is C14H17FN4. The van der Waals surface area contributed by atoms with Gasteiger partial charge in [-0.3, -0.25) is 0 Å². The molecule has 0 saturated carbocycles. The molecule has 1 heterocycles. The van der Waals surface area contributed by atoms with Crippen LogP contribution in [0.1, 0.15) is 6.42 Å². The molecule has 0 radical (unpaired) electrons. The molecule has 100 valence electrons. The third-order valence-electron chi connectivity index (χ3n) is 2.72. The zero-order valence-electron chi connectivity index (χ0n) is 10.9. The molecule has 4 nitrogen and oxygen atoms in total. The molecule has 0 atom stereocenters. The summed E-state index contributed by atoms with van der Waals surface area (Å²) in [6.07, 6.45) is 4.26. The number of rotatable bonds is 6. The molecule has 0 fully saturated rings. The summed E-state index contributed by atoms with van der Waals surface area (Å²) in [7, 11) is 1.92. The first-order valence-electron chi connectivity index (χ1n) is 6.26. The average Bonchev–Trinajstić information content (AvgIpc) is 2.45. The lowest BCUT2D eigenvalue weighted by Crippen LogP contribution is -2.13. The van der Waals surface area contributed by atoms with Gasteiger partial charge in [-0.25, -0.2) is 14.4 Å². The van der Waals surface area contributed by atoms with Crippen LogP contribution in [0.4, 0.5) is 10.3 Å². The fourth-order valence-corrected chi connectivity index (χ4v) is 1.72. The van der Waals surface area contributed by atoms with Gasteiger partial charge in [-0.05, 0) is 26.1 Å². The van der Waals surface area contributed by atoms with Crippen molar-refractivity contribution >= 4 is 5.95 Å². The van der Waals surface area contributed by atoms with E-state index in [4.69, 9.17) is 0 Å². The quantitative estimate of drug-likeness (QED) is 0.782.